The van der Waals surface area contributed by atoms with Gasteiger partial charge in [-0.3, -0.25) is 4.57 Å². The zero-order valence-corrected chi connectivity index (χ0v) is 10.9. The van der Waals surface area contributed by atoms with Gasteiger partial charge < -0.3 is 4.74 Å². The summed E-state index contributed by atoms with van der Waals surface area (Å²) in [6.45, 7) is 1.96. The van der Waals surface area contributed by atoms with Crippen LogP contribution in [0.2, 0.25) is 0 Å². The number of aromatic nitrogens is 3. The van der Waals surface area contributed by atoms with E-state index in [9.17, 15) is 0 Å². The molecule has 96 valence electrons. The summed E-state index contributed by atoms with van der Waals surface area (Å²) in [6.07, 6.45) is 1.63. The lowest BCUT2D eigenvalue weighted by atomic mass is 10.1. The largest absolute Gasteiger partial charge is 0.374 e. The molecule has 0 saturated heterocycles. The molecule has 4 nitrogen and oxygen atoms in total. The number of ether oxygens (including phenoxy) is 1. The Morgan fingerprint density at radius 3 is 2.74 bits per heavy atom. The number of hydrogen-bond donors (Lipinski definition) is 0. The van der Waals surface area contributed by atoms with Gasteiger partial charge in [-0.05, 0) is 18.4 Å². The smallest absolute Gasteiger partial charge is 0.166 e. The summed E-state index contributed by atoms with van der Waals surface area (Å²) in [5, 5.41) is 10.5. The van der Waals surface area contributed by atoms with E-state index in [0.29, 0.717) is 0 Å². The number of hydrogen-bond acceptors (Lipinski definition) is 3. The minimum absolute atomic E-state index is 0.0959. The molecular formula is C15H15N3O. The van der Waals surface area contributed by atoms with E-state index in [4.69, 9.17) is 4.74 Å². The zero-order chi connectivity index (χ0) is 13.2. The van der Waals surface area contributed by atoms with Gasteiger partial charge in [0.2, 0.25) is 0 Å². The summed E-state index contributed by atoms with van der Waals surface area (Å²) in [6, 6.07) is 14.5. The lowest BCUT2D eigenvalue weighted by Crippen LogP contribution is -2.06. The van der Waals surface area contributed by atoms with Crippen LogP contribution in [0, 0.1) is 0 Å². The Morgan fingerprint density at radius 2 is 1.89 bits per heavy atom. The Bertz CT molecular complexity index is 700. The van der Waals surface area contributed by atoms with E-state index in [2.05, 4.69) is 34.5 Å². The Hall–Kier alpha value is -2.20. The fraction of sp³-hybridized carbons (Fsp3) is 0.200. The zero-order valence-electron chi connectivity index (χ0n) is 10.9. The Labute approximate surface area is 111 Å². The monoisotopic (exact) mass is 253 g/mol. The number of benzene rings is 2. The summed E-state index contributed by atoms with van der Waals surface area (Å²) in [4.78, 5) is 0. The van der Waals surface area contributed by atoms with Gasteiger partial charge in [-0.25, -0.2) is 0 Å². The highest BCUT2D eigenvalue weighted by Gasteiger charge is 2.14. The summed E-state index contributed by atoms with van der Waals surface area (Å²) in [5.74, 6) is 0.804. The van der Waals surface area contributed by atoms with E-state index in [1.807, 2.05) is 29.7 Å². The molecule has 0 fully saturated rings. The van der Waals surface area contributed by atoms with Crippen molar-refractivity contribution < 1.29 is 4.74 Å². The van der Waals surface area contributed by atoms with E-state index >= 15 is 0 Å². The van der Waals surface area contributed by atoms with Crippen molar-refractivity contribution >= 4 is 10.8 Å². The molecule has 0 spiro atoms. The summed E-state index contributed by atoms with van der Waals surface area (Å²) in [7, 11) is 1.67. The maximum absolute atomic E-state index is 5.35. The maximum Gasteiger partial charge on any atom is 0.166 e. The summed E-state index contributed by atoms with van der Waals surface area (Å²) < 4.78 is 7.33. The van der Waals surface area contributed by atoms with Crippen LogP contribution in [0.1, 0.15) is 18.9 Å². The first-order chi connectivity index (χ1) is 9.31. The summed E-state index contributed by atoms with van der Waals surface area (Å²) in [5.41, 5.74) is 1.07. The van der Waals surface area contributed by atoms with Gasteiger partial charge in [-0.2, -0.15) is 0 Å². The van der Waals surface area contributed by atoms with E-state index in [1.54, 1.807) is 13.4 Å². The fourth-order valence-electron chi connectivity index (χ4n) is 2.23. The van der Waals surface area contributed by atoms with Crippen LogP contribution < -0.4 is 0 Å². The molecule has 3 rings (SSSR count). The number of rotatable bonds is 3. The van der Waals surface area contributed by atoms with Crippen LogP contribution in [0.4, 0.5) is 0 Å². The van der Waals surface area contributed by atoms with Crippen LogP contribution in [-0.4, -0.2) is 21.9 Å². The third kappa shape index (κ3) is 2.00. The van der Waals surface area contributed by atoms with Crippen molar-refractivity contribution in [3.63, 3.8) is 0 Å². The van der Waals surface area contributed by atoms with Crippen molar-refractivity contribution in [3.8, 4) is 5.69 Å². The molecule has 0 unspecified atom stereocenters. The molecule has 4 heteroatoms. The first-order valence-corrected chi connectivity index (χ1v) is 6.22. The second-order valence-corrected chi connectivity index (χ2v) is 4.44. The van der Waals surface area contributed by atoms with Crippen molar-refractivity contribution in [2.75, 3.05) is 7.11 Å². The van der Waals surface area contributed by atoms with Gasteiger partial charge in [0, 0.05) is 12.5 Å². The second-order valence-electron chi connectivity index (χ2n) is 4.44. The highest BCUT2D eigenvalue weighted by Crippen LogP contribution is 2.25. The second kappa shape index (κ2) is 4.82. The lowest BCUT2D eigenvalue weighted by molar-refractivity contribution is 0.110. The molecule has 1 heterocycles. The molecule has 0 aliphatic heterocycles. The van der Waals surface area contributed by atoms with Gasteiger partial charge in [-0.1, -0.05) is 36.4 Å². The van der Waals surface area contributed by atoms with Gasteiger partial charge in [0.1, 0.15) is 12.4 Å². The van der Waals surface area contributed by atoms with E-state index in [1.165, 1.54) is 10.8 Å². The van der Waals surface area contributed by atoms with E-state index in [-0.39, 0.29) is 6.10 Å². The van der Waals surface area contributed by atoms with Gasteiger partial charge >= 0.3 is 0 Å². The fourth-order valence-corrected chi connectivity index (χ4v) is 2.23. The Balaban J connectivity index is 2.23. The first kappa shape index (κ1) is 11.9. The van der Waals surface area contributed by atoms with Crippen molar-refractivity contribution in [3.05, 3.63) is 54.6 Å². The van der Waals surface area contributed by atoms with Gasteiger partial charge in [0.25, 0.3) is 0 Å². The molecule has 0 N–H and O–H groups in total. The van der Waals surface area contributed by atoms with Crippen LogP contribution in [0.25, 0.3) is 16.5 Å². The molecule has 2 aromatic carbocycles. The normalized spacial score (nSPS) is 12.7. The van der Waals surface area contributed by atoms with Crippen molar-refractivity contribution in [2.45, 2.75) is 13.0 Å². The predicted molar refractivity (Wildman–Crippen MR) is 74.3 cm³/mol. The highest BCUT2D eigenvalue weighted by atomic mass is 16.5. The summed E-state index contributed by atoms with van der Waals surface area (Å²) >= 11 is 0. The van der Waals surface area contributed by atoms with Crippen molar-refractivity contribution in [1.29, 1.82) is 0 Å². The predicted octanol–water partition coefficient (Wildman–Crippen LogP) is 3.13. The molecule has 19 heavy (non-hydrogen) atoms. The topological polar surface area (TPSA) is 39.9 Å². The van der Waals surface area contributed by atoms with E-state index in [0.717, 1.165) is 11.5 Å². The molecule has 0 aliphatic rings. The first-order valence-electron chi connectivity index (χ1n) is 6.22. The number of fused-ring (bicyclic) bond motifs is 1. The maximum atomic E-state index is 5.35. The SMILES string of the molecule is CO[C@@H](C)c1nncn1-c1cccc2ccccc12. The van der Waals surface area contributed by atoms with Crippen molar-refractivity contribution in [2.24, 2.45) is 0 Å². The molecule has 1 aromatic heterocycles. The van der Waals surface area contributed by atoms with Crippen LogP contribution in [-0.2, 0) is 4.74 Å². The molecule has 0 bridgehead atoms. The number of methoxy groups -OCH3 is 1. The molecule has 0 amide bonds. The average molecular weight is 253 g/mol. The van der Waals surface area contributed by atoms with Crippen LogP contribution in [0.3, 0.4) is 0 Å². The lowest BCUT2D eigenvalue weighted by Gasteiger charge is -2.13. The van der Waals surface area contributed by atoms with Crippen LogP contribution >= 0.6 is 0 Å². The third-order valence-electron chi connectivity index (χ3n) is 3.32. The van der Waals surface area contributed by atoms with Gasteiger partial charge in [0.05, 0.1) is 5.69 Å². The van der Waals surface area contributed by atoms with Gasteiger partial charge in [0.15, 0.2) is 5.82 Å². The minimum Gasteiger partial charge on any atom is -0.374 e. The quantitative estimate of drug-likeness (QED) is 0.720. The van der Waals surface area contributed by atoms with E-state index < -0.39 is 0 Å². The van der Waals surface area contributed by atoms with Crippen molar-refractivity contribution in [1.82, 2.24) is 14.8 Å². The molecule has 0 radical (unpaired) electrons. The molecule has 0 saturated carbocycles. The Morgan fingerprint density at radius 1 is 1.11 bits per heavy atom. The molecule has 1 atom stereocenters. The van der Waals surface area contributed by atoms with Crippen LogP contribution in [0.5, 0.6) is 0 Å². The number of nitrogens with zero attached hydrogens (tertiary/aromatic N) is 3. The molecule has 3 aromatic rings. The minimum atomic E-state index is -0.0959. The molecular weight excluding hydrogens is 238 g/mol. The van der Waals surface area contributed by atoms with Crippen LogP contribution in [0.15, 0.2) is 48.8 Å². The average Bonchev–Trinajstić information content (AvgIpc) is 2.95. The Kier molecular flexibility index (Phi) is 3.01. The van der Waals surface area contributed by atoms with Gasteiger partial charge in [-0.15, -0.1) is 10.2 Å². The highest BCUT2D eigenvalue weighted by molar-refractivity contribution is 5.90. The third-order valence-corrected chi connectivity index (χ3v) is 3.32. The molecule has 0 aliphatic carbocycles. The standard InChI is InChI=1S/C15H15N3O/c1-11(19-2)15-17-16-10-18(15)14-9-5-7-12-6-3-4-8-13(12)14/h3-11H,1-2H3/t11-/m0/s1.